The molecule has 0 unspecified atom stereocenters. The molecule has 8 atom stereocenters. The van der Waals surface area contributed by atoms with Crippen LogP contribution in [0.5, 0.6) is 0 Å². The molecule has 6 nitrogen and oxygen atoms in total. The van der Waals surface area contributed by atoms with Crippen molar-refractivity contribution in [2.45, 2.75) is 77.9 Å². The van der Waals surface area contributed by atoms with Gasteiger partial charge in [-0.15, -0.1) is 0 Å². The van der Waals surface area contributed by atoms with Crippen molar-refractivity contribution in [1.29, 1.82) is 0 Å². The summed E-state index contributed by atoms with van der Waals surface area (Å²) in [5, 5.41) is 23.1. The Morgan fingerprint density at radius 3 is 2.63 bits per heavy atom. The van der Waals surface area contributed by atoms with Crippen LogP contribution in [0.4, 0.5) is 0 Å². The lowest BCUT2D eigenvalue weighted by Crippen LogP contribution is -2.63. The molecule has 4 rings (SSSR count). The van der Waals surface area contributed by atoms with Gasteiger partial charge in [-0.25, -0.2) is 0 Å². The number of esters is 1. The molecule has 0 heterocycles. The number of rotatable bonds is 3. The van der Waals surface area contributed by atoms with Gasteiger partial charge in [0, 0.05) is 18.8 Å². The second-order valence-electron chi connectivity index (χ2n) is 10.7. The number of hydrogen-bond acceptors (Lipinski definition) is 6. The molecule has 0 aromatic carbocycles. The van der Waals surface area contributed by atoms with E-state index in [2.05, 4.69) is 6.92 Å². The normalized spacial score (nSPS) is 47.6. The maximum Gasteiger partial charge on any atom is 0.303 e. The van der Waals surface area contributed by atoms with Gasteiger partial charge < -0.3 is 14.9 Å². The van der Waals surface area contributed by atoms with Crippen LogP contribution in [0.15, 0.2) is 11.6 Å². The van der Waals surface area contributed by atoms with Gasteiger partial charge in [-0.3, -0.25) is 14.4 Å². The van der Waals surface area contributed by atoms with Crippen LogP contribution < -0.4 is 0 Å². The number of ketones is 2. The number of carbonyl (C=O) groups is 3. The molecule has 166 valence electrons. The first kappa shape index (κ1) is 21.7. The van der Waals surface area contributed by atoms with Gasteiger partial charge >= 0.3 is 5.97 Å². The van der Waals surface area contributed by atoms with Gasteiger partial charge in [-0.05, 0) is 67.3 Å². The molecule has 4 aliphatic carbocycles. The number of carbonyl (C=O) groups excluding carboxylic acids is 3. The van der Waals surface area contributed by atoms with E-state index in [-0.39, 0.29) is 34.9 Å². The zero-order valence-electron chi connectivity index (χ0n) is 18.4. The predicted molar refractivity (Wildman–Crippen MR) is 109 cm³/mol. The highest BCUT2D eigenvalue weighted by molar-refractivity contribution is 5.92. The van der Waals surface area contributed by atoms with E-state index in [0.717, 1.165) is 24.8 Å². The second kappa shape index (κ2) is 6.99. The lowest BCUT2D eigenvalue weighted by atomic mass is 9.45. The Bertz CT molecular complexity index is 817. The zero-order valence-corrected chi connectivity index (χ0v) is 18.4. The Hall–Kier alpha value is -1.53. The van der Waals surface area contributed by atoms with E-state index in [0.29, 0.717) is 19.3 Å². The van der Waals surface area contributed by atoms with E-state index in [1.807, 2.05) is 13.8 Å². The highest BCUT2D eigenvalue weighted by Gasteiger charge is 2.70. The summed E-state index contributed by atoms with van der Waals surface area (Å²) >= 11 is 0. The average molecular weight is 419 g/mol. The molecule has 0 spiro atoms. The summed E-state index contributed by atoms with van der Waals surface area (Å²) in [6, 6.07) is 0. The third kappa shape index (κ3) is 2.79. The van der Waals surface area contributed by atoms with E-state index >= 15 is 0 Å². The van der Waals surface area contributed by atoms with Gasteiger partial charge in [-0.1, -0.05) is 26.3 Å². The first-order chi connectivity index (χ1) is 13.9. The number of aliphatic hydroxyl groups excluding tert-OH is 1. The molecule has 2 N–H and O–H groups in total. The van der Waals surface area contributed by atoms with Crippen molar-refractivity contribution in [2.75, 3.05) is 6.61 Å². The van der Waals surface area contributed by atoms with E-state index in [1.165, 1.54) is 6.92 Å². The lowest BCUT2D eigenvalue weighted by molar-refractivity contribution is -0.188. The fourth-order valence-electron chi connectivity index (χ4n) is 7.89. The van der Waals surface area contributed by atoms with Gasteiger partial charge in [0.05, 0.1) is 6.10 Å². The largest absolute Gasteiger partial charge is 0.458 e. The number of aliphatic hydroxyl groups is 2. The number of hydrogen-bond donors (Lipinski definition) is 2. The molecule has 0 aromatic heterocycles. The number of Topliss-reactive ketones (excluding diaryl/α,β-unsaturated/α-hetero) is 1. The zero-order chi connectivity index (χ0) is 22.1. The van der Waals surface area contributed by atoms with Crippen LogP contribution in [0.1, 0.15) is 66.2 Å². The minimum atomic E-state index is -1.63. The Morgan fingerprint density at radius 1 is 1.27 bits per heavy atom. The average Bonchev–Trinajstić information content (AvgIpc) is 2.87. The molecule has 0 aromatic rings. The summed E-state index contributed by atoms with van der Waals surface area (Å²) in [5.41, 5.74) is -1.44. The quantitative estimate of drug-likeness (QED) is 0.683. The molecule has 3 fully saturated rings. The molecule has 6 heteroatoms. The number of fused-ring (bicyclic) bond motifs is 5. The molecule has 30 heavy (non-hydrogen) atoms. The Labute approximate surface area is 178 Å². The van der Waals surface area contributed by atoms with Crippen LogP contribution in [0, 0.1) is 34.5 Å². The summed E-state index contributed by atoms with van der Waals surface area (Å²) in [4.78, 5) is 36.3. The molecule has 0 bridgehead atoms. The van der Waals surface area contributed by atoms with E-state index in [1.54, 1.807) is 6.08 Å². The summed E-state index contributed by atoms with van der Waals surface area (Å²) in [6.07, 6.45) is 5.15. The molecular weight excluding hydrogens is 384 g/mol. The van der Waals surface area contributed by atoms with Crippen molar-refractivity contribution < 1.29 is 29.3 Å². The predicted octanol–water partition coefficient (Wildman–Crippen LogP) is 2.60. The number of ether oxygens (including phenoxy) is 1. The van der Waals surface area contributed by atoms with Crippen LogP contribution in [0.3, 0.4) is 0 Å². The summed E-state index contributed by atoms with van der Waals surface area (Å²) in [7, 11) is 0. The Morgan fingerprint density at radius 2 is 1.97 bits per heavy atom. The molecule has 4 aliphatic rings. The fourth-order valence-corrected chi connectivity index (χ4v) is 7.89. The second-order valence-corrected chi connectivity index (χ2v) is 10.7. The molecule has 3 saturated carbocycles. The molecular formula is C24H34O6. The topological polar surface area (TPSA) is 101 Å². The standard InChI is InChI=1S/C24H34O6/c1-13-9-18-17-6-5-15-10-16(26)7-8-22(15,3)21(17)19(27)11-23(18,4)24(13,29)20(28)12-30-14(2)25/h10,13,17-19,21,27,29H,5-9,11-12H2,1-4H3/t13-,17+,18+,19+,21-,22+,23+,24+/m1/s1. The van der Waals surface area contributed by atoms with Crippen LogP contribution in [-0.2, 0) is 19.1 Å². The van der Waals surface area contributed by atoms with Crippen LogP contribution in [0.2, 0.25) is 0 Å². The van der Waals surface area contributed by atoms with Gasteiger partial charge in [0.25, 0.3) is 0 Å². The van der Waals surface area contributed by atoms with Crippen molar-refractivity contribution in [1.82, 2.24) is 0 Å². The van der Waals surface area contributed by atoms with E-state index in [4.69, 9.17) is 4.74 Å². The van der Waals surface area contributed by atoms with Crippen molar-refractivity contribution in [3.05, 3.63) is 11.6 Å². The Kier molecular flexibility index (Phi) is 5.06. The van der Waals surface area contributed by atoms with Gasteiger partial charge in [0.2, 0.25) is 5.78 Å². The molecule has 0 radical (unpaired) electrons. The highest BCUT2D eigenvalue weighted by Crippen LogP contribution is 2.68. The summed E-state index contributed by atoms with van der Waals surface area (Å²) < 4.78 is 4.93. The fraction of sp³-hybridized carbons (Fsp3) is 0.792. The minimum absolute atomic E-state index is 0.0294. The van der Waals surface area contributed by atoms with Crippen LogP contribution >= 0.6 is 0 Å². The van der Waals surface area contributed by atoms with Crippen LogP contribution in [-0.4, -0.2) is 46.1 Å². The summed E-state index contributed by atoms with van der Waals surface area (Å²) in [5.74, 6) is -0.798. The van der Waals surface area contributed by atoms with E-state index in [9.17, 15) is 24.6 Å². The first-order valence-corrected chi connectivity index (χ1v) is 11.3. The third-order valence-electron chi connectivity index (χ3n) is 9.31. The molecule has 0 aliphatic heterocycles. The Balaban J connectivity index is 1.69. The van der Waals surface area contributed by atoms with E-state index < -0.39 is 35.5 Å². The smallest absolute Gasteiger partial charge is 0.303 e. The van der Waals surface area contributed by atoms with Crippen molar-refractivity contribution >= 4 is 17.5 Å². The first-order valence-electron chi connectivity index (χ1n) is 11.3. The highest BCUT2D eigenvalue weighted by atomic mass is 16.5. The number of allylic oxidation sites excluding steroid dienone is 1. The van der Waals surface area contributed by atoms with Crippen molar-refractivity contribution in [3.8, 4) is 0 Å². The summed E-state index contributed by atoms with van der Waals surface area (Å²) in [6.45, 7) is 6.83. The SMILES string of the molecule is CC(=O)OCC(=O)[C@@]1(O)[C@H](C)C[C@H]2[C@@H]3CCC4=CC(=O)CC[C@]4(C)[C@H]3[C@@H](O)C[C@@]21C. The minimum Gasteiger partial charge on any atom is -0.458 e. The van der Waals surface area contributed by atoms with Crippen LogP contribution in [0.25, 0.3) is 0 Å². The van der Waals surface area contributed by atoms with Crippen molar-refractivity contribution in [3.63, 3.8) is 0 Å². The van der Waals surface area contributed by atoms with Gasteiger partial charge in [0.15, 0.2) is 12.4 Å². The molecule has 0 saturated heterocycles. The maximum absolute atomic E-state index is 13.1. The lowest BCUT2D eigenvalue weighted by Gasteiger charge is -2.60. The van der Waals surface area contributed by atoms with Crippen molar-refractivity contribution in [2.24, 2.45) is 34.5 Å². The van der Waals surface area contributed by atoms with Gasteiger partial charge in [0.1, 0.15) is 5.60 Å². The monoisotopic (exact) mass is 418 g/mol. The molecule has 0 amide bonds. The third-order valence-corrected chi connectivity index (χ3v) is 9.31. The maximum atomic E-state index is 13.1. The van der Waals surface area contributed by atoms with Gasteiger partial charge in [-0.2, -0.15) is 0 Å².